The smallest absolute Gasteiger partial charge is 0.289 e. The van der Waals surface area contributed by atoms with Crippen LogP contribution in [-0.2, 0) is 24.3 Å². The van der Waals surface area contributed by atoms with Gasteiger partial charge in [-0.3, -0.25) is 24.7 Å². The first-order valence-corrected chi connectivity index (χ1v) is 12.2. The molecule has 0 fully saturated rings. The van der Waals surface area contributed by atoms with Gasteiger partial charge in [0.1, 0.15) is 5.36 Å². The Balaban J connectivity index is 1.96. The zero-order valence-corrected chi connectivity index (χ0v) is 20.7. The second-order valence-electron chi connectivity index (χ2n) is 7.94. The lowest BCUT2D eigenvalue weighted by Gasteiger charge is -2.14. The number of hydrogen-bond donors (Lipinski definition) is 2. The van der Waals surface area contributed by atoms with Gasteiger partial charge in [-0.25, -0.2) is 0 Å². The first-order chi connectivity index (χ1) is 17.6. The maximum Gasteiger partial charge on any atom is 0.289 e. The molecule has 0 aliphatic heterocycles. The zero-order valence-electron chi connectivity index (χ0n) is 19.8. The number of carbonyl (C=O) groups is 2. The number of nitro groups is 1. The van der Waals surface area contributed by atoms with E-state index in [0.717, 1.165) is 12.1 Å². The first kappa shape index (κ1) is 25.8. The molecule has 13 nitrogen and oxygen atoms in total. The number of hydrogen-bond acceptors (Lipinski definition) is 9. The SMILES string of the molecule is COC(CC(=O)c1cc2cnc3/c(=N/S(=O)(=O)c4ccccc4[N+](=O)[O-])cc(NC(C)=O)c([nH]1)c23)OC. The summed E-state index contributed by atoms with van der Waals surface area (Å²) >= 11 is 0. The highest BCUT2D eigenvalue weighted by molar-refractivity contribution is 7.90. The number of benzene rings is 2. The molecule has 0 unspecified atom stereocenters. The third-order valence-electron chi connectivity index (χ3n) is 5.51. The van der Waals surface area contributed by atoms with Crippen LogP contribution in [0.25, 0.3) is 21.8 Å². The second kappa shape index (κ2) is 10.0. The number of Topliss-reactive ketones (excluding diaryl/α,β-unsaturated/α-hetero) is 1. The third-order valence-corrected chi connectivity index (χ3v) is 6.85. The highest BCUT2D eigenvalue weighted by atomic mass is 32.2. The Morgan fingerprint density at radius 2 is 1.92 bits per heavy atom. The molecule has 2 heterocycles. The fourth-order valence-electron chi connectivity index (χ4n) is 3.87. The molecular formula is C23H21N5O8S. The predicted octanol–water partition coefficient (Wildman–Crippen LogP) is 2.50. The van der Waals surface area contributed by atoms with E-state index in [4.69, 9.17) is 9.47 Å². The molecule has 0 bridgehead atoms. The molecule has 2 aromatic carbocycles. The van der Waals surface area contributed by atoms with Crippen molar-refractivity contribution >= 4 is 54.9 Å². The Morgan fingerprint density at radius 3 is 2.57 bits per heavy atom. The van der Waals surface area contributed by atoms with Crippen LogP contribution in [0.2, 0.25) is 0 Å². The molecule has 0 radical (unpaired) electrons. The van der Waals surface area contributed by atoms with Crippen molar-refractivity contribution in [3.63, 3.8) is 0 Å². The summed E-state index contributed by atoms with van der Waals surface area (Å²) in [6.07, 6.45) is 0.577. The predicted molar refractivity (Wildman–Crippen MR) is 132 cm³/mol. The molecule has 0 saturated heterocycles. The van der Waals surface area contributed by atoms with E-state index in [1.165, 1.54) is 51.6 Å². The van der Waals surface area contributed by atoms with Crippen molar-refractivity contribution in [3.05, 3.63) is 63.8 Å². The van der Waals surface area contributed by atoms with Crippen molar-refractivity contribution in [1.82, 2.24) is 9.97 Å². The van der Waals surface area contributed by atoms with E-state index in [-0.39, 0.29) is 34.5 Å². The molecule has 14 heteroatoms. The van der Waals surface area contributed by atoms with Crippen LogP contribution < -0.4 is 10.7 Å². The van der Waals surface area contributed by atoms with Crippen molar-refractivity contribution in [2.45, 2.75) is 24.5 Å². The van der Waals surface area contributed by atoms with Crippen molar-refractivity contribution in [2.24, 2.45) is 4.40 Å². The molecular weight excluding hydrogens is 506 g/mol. The van der Waals surface area contributed by atoms with Gasteiger partial charge in [-0.15, -0.1) is 0 Å². The number of sulfonamides is 1. The van der Waals surface area contributed by atoms with Gasteiger partial charge < -0.3 is 19.8 Å². The van der Waals surface area contributed by atoms with Gasteiger partial charge in [0.2, 0.25) is 5.91 Å². The van der Waals surface area contributed by atoms with Crippen LogP contribution in [0.4, 0.5) is 11.4 Å². The minimum absolute atomic E-state index is 0.0879. The number of nitro benzene ring substituents is 1. The number of nitrogens with zero attached hydrogens (tertiary/aromatic N) is 3. The van der Waals surface area contributed by atoms with E-state index in [1.807, 2.05) is 0 Å². The van der Waals surface area contributed by atoms with Gasteiger partial charge in [-0.05, 0) is 18.2 Å². The second-order valence-corrected chi connectivity index (χ2v) is 9.51. The molecule has 0 aliphatic carbocycles. The largest absolute Gasteiger partial charge is 0.355 e. The molecule has 2 N–H and O–H groups in total. The molecule has 37 heavy (non-hydrogen) atoms. The minimum Gasteiger partial charge on any atom is -0.355 e. The van der Waals surface area contributed by atoms with Crippen LogP contribution in [0.5, 0.6) is 0 Å². The van der Waals surface area contributed by atoms with Crippen molar-refractivity contribution in [2.75, 3.05) is 19.5 Å². The van der Waals surface area contributed by atoms with E-state index in [2.05, 4.69) is 19.7 Å². The van der Waals surface area contributed by atoms with Gasteiger partial charge in [0.05, 0.1) is 33.8 Å². The number of ketones is 1. The van der Waals surface area contributed by atoms with Gasteiger partial charge >= 0.3 is 0 Å². The Bertz CT molecular complexity index is 1710. The number of amides is 1. The van der Waals surface area contributed by atoms with Crippen LogP contribution in [0, 0.1) is 10.1 Å². The highest BCUT2D eigenvalue weighted by Gasteiger charge is 2.26. The Kier molecular flexibility index (Phi) is 6.98. The number of para-hydroxylation sites is 1. The van der Waals surface area contributed by atoms with E-state index < -0.39 is 37.7 Å². The summed E-state index contributed by atoms with van der Waals surface area (Å²) in [6.45, 7) is 1.26. The summed E-state index contributed by atoms with van der Waals surface area (Å²) in [5.41, 5.74) is 0.167. The number of anilines is 1. The summed E-state index contributed by atoms with van der Waals surface area (Å²) in [5, 5.41) is 14.7. The topological polar surface area (TPSA) is 183 Å². The normalized spacial score (nSPS) is 12.5. The Morgan fingerprint density at radius 1 is 1.22 bits per heavy atom. The van der Waals surface area contributed by atoms with Crippen molar-refractivity contribution < 1.29 is 32.4 Å². The van der Waals surface area contributed by atoms with Crippen molar-refractivity contribution in [3.8, 4) is 0 Å². The maximum absolute atomic E-state index is 13.1. The summed E-state index contributed by atoms with van der Waals surface area (Å²) in [6, 6.07) is 7.64. The zero-order chi connectivity index (χ0) is 26.9. The van der Waals surface area contributed by atoms with Crippen LogP contribution >= 0.6 is 0 Å². The molecule has 4 rings (SSSR count). The van der Waals surface area contributed by atoms with Gasteiger partial charge in [-0.2, -0.15) is 12.8 Å². The number of ether oxygens (including phenoxy) is 2. The average molecular weight is 528 g/mol. The maximum atomic E-state index is 13.1. The lowest BCUT2D eigenvalue weighted by atomic mass is 10.1. The van der Waals surface area contributed by atoms with E-state index in [9.17, 15) is 28.1 Å². The lowest BCUT2D eigenvalue weighted by molar-refractivity contribution is -0.387. The highest BCUT2D eigenvalue weighted by Crippen LogP contribution is 2.30. The molecule has 0 aliphatic rings. The van der Waals surface area contributed by atoms with E-state index >= 15 is 0 Å². The van der Waals surface area contributed by atoms with Crippen LogP contribution in [0.1, 0.15) is 23.8 Å². The molecule has 0 atom stereocenters. The molecule has 4 aromatic rings. The third kappa shape index (κ3) is 5.02. The molecule has 0 saturated carbocycles. The lowest BCUT2D eigenvalue weighted by Crippen LogP contribution is -2.19. The quantitative estimate of drug-likeness (QED) is 0.143. The fourth-order valence-corrected chi connectivity index (χ4v) is 5.03. The number of carbonyl (C=O) groups excluding carboxylic acids is 2. The summed E-state index contributed by atoms with van der Waals surface area (Å²) < 4.78 is 40.2. The number of rotatable bonds is 9. The number of aromatic nitrogens is 2. The van der Waals surface area contributed by atoms with Gasteiger partial charge in [0.15, 0.2) is 17.0 Å². The fraction of sp³-hybridized carbons (Fsp3) is 0.217. The molecule has 2 aromatic heterocycles. The number of pyridine rings is 1. The van der Waals surface area contributed by atoms with Gasteiger partial charge in [0.25, 0.3) is 15.7 Å². The molecule has 0 spiro atoms. The van der Waals surface area contributed by atoms with Crippen LogP contribution in [-0.4, -0.2) is 55.5 Å². The molecule has 1 amide bonds. The number of H-pyrrole nitrogens is 1. The number of nitrogens with one attached hydrogen (secondary N) is 2. The van der Waals surface area contributed by atoms with Crippen molar-refractivity contribution in [1.29, 1.82) is 0 Å². The Hall–Kier alpha value is -4.27. The van der Waals surface area contributed by atoms with E-state index in [1.54, 1.807) is 0 Å². The molecule has 192 valence electrons. The average Bonchev–Trinajstić information content (AvgIpc) is 3.29. The Labute approximate surface area is 209 Å². The standard InChI is InChI=1S/C23H21N5O8S/c1-12(29)25-15-9-16(27-37(33,34)19-7-5-4-6-17(19)28(31)32)22-21-13(11-24-22)8-14(26-23(15)21)18(30)10-20(35-2)36-3/h4-9,11,20,26H,10H2,1-3H3,(H,25,29)/b27-16+. The van der Waals surface area contributed by atoms with E-state index in [0.29, 0.717) is 16.3 Å². The van der Waals surface area contributed by atoms with Gasteiger partial charge in [0, 0.05) is 44.2 Å². The van der Waals surface area contributed by atoms with Gasteiger partial charge in [-0.1, -0.05) is 12.1 Å². The van der Waals surface area contributed by atoms with Crippen LogP contribution in [0.15, 0.2) is 51.9 Å². The number of methoxy groups -OCH3 is 2. The number of aromatic amines is 1. The summed E-state index contributed by atoms with van der Waals surface area (Å²) in [4.78, 5) is 42.0. The summed E-state index contributed by atoms with van der Waals surface area (Å²) in [7, 11) is -1.74. The summed E-state index contributed by atoms with van der Waals surface area (Å²) in [5.74, 6) is -0.803. The first-order valence-electron chi connectivity index (χ1n) is 10.7. The monoisotopic (exact) mass is 527 g/mol. The van der Waals surface area contributed by atoms with Crippen LogP contribution in [0.3, 0.4) is 0 Å². The minimum atomic E-state index is -4.55.